The summed E-state index contributed by atoms with van der Waals surface area (Å²) in [5.74, 6) is 2.04. The summed E-state index contributed by atoms with van der Waals surface area (Å²) < 4.78 is 21.4. The molecule has 3 N–H and O–H groups in total. The molecule has 2 aromatic rings. The quantitative estimate of drug-likeness (QED) is 0.812. The van der Waals surface area contributed by atoms with Crippen LogP contribution in [-0.2, 0) is 4.74 Å². The largest absolute Gasteiger partial charge is 0.389 e. The Morgan fingerprint density at radius 3 is 3.05 bits per heavy atom. The molecule has 0 radical (unpaired) electrons. The van der Waals surface area contributed by atoms with Crippen LogP contribution in [0.2, 0.25) is 0 Å². The lowest BCUT2D eigenvalue weighted by molar-refractivity contribution is -0.0648. The average molecular weight is 290 g/mol. The molecule has 0 saturated carbocycles. The number of aliphatic hydroxyl groups is 1. The Bertz CT molecular complexity index is 738. The van der Waals surface area contributed by atoms with E-state index in [2.05, 4.69) is 15.9 Å². The van der Waals surface area contributed by atoms with E-state index in [1.165, 1.54) is 17.1 Å². The highest BCUT2D eigenvalue weighted by Gasteiger charge is 2.46. The third-order valence-electron chi connectivity index (χ3n) is 3.98. The molecule has 0 aliphatic carbocycles. The second kappa shape index (κ2) is 4.69. The molecule has 7 heteroatoms. The summed E-state index contributed by atoms with van der Waals surface area (Å²) in [4.78, 5) is 7.83. The smallest absolute Gasteiger partial charge is 0.156 e. The van der Waals surface area contributed by atoms with Gasteiger partial charge in [-0.05, 0) is 6.42 Å². The molecule has 2 aromatic heterocycles. The zero-order valence-corrected chi connectivity index (χ0v) is 11.5. The first-order valence-corrected chi connectivity index (χ1v) is 6.62. The fraction of sp³-hybridized carbons (Fsp3) is 0.429. The van der Waals surface area contributed by atoms with E-state index >= 15 is 0 Å². The molecule has 0 aromatic carbocycles. The SMILES string of the molecule is C#C[C@]1(CC)O[C@@H](n2cc(F)c3c(N)ncnc32)C[C@@H]1O. The molecule has 3 atom stereocenters. The fourth-order valence-corrected chi connectivity index (χ4v) is 2.75. The van der Waals surface area contributed by atoms with Crippen LogP contribution < -0.4 is 5.73 Å². The standard InChI is InChI=1S/C14H15FN4O2/c1-3-14(4-2)9(20)5-10(21-14)19-6-8(15)11-12(16)17-7-18-13(11)19/h1,6-7,9-10,20H,4-5H2,2H3,(H2,16,17,18)/t9-,10+,14+/m0/s1. The molecular weight excluding hydrogens is 275 g/mol. The normalized spacial score (nSPS) is 28.9. The van der Waals surface area contributed by atoms with Crippen molar-refractivity contribution in [2.45, 2.75) is 37.7 Å². The number of halogens is 1. The van der Waals surface area contributed by atoms with E-state index in [9.17, 15) is 9.50 Å². The molecular formula is C14H15FN4O2. The van der Waals surface area contributed by atoms with Gasteiger partial charge < -0.3 is 20.1 Å². The van der Waals surface area contributed by atoms with Crippen LogP contribution in [-0.4, -0.2) is 31.3 Å². The van der Waals surface area contributed by atoms with Crippen molar-refractivity contribution < 1.29 is 14.2 Å². The topological polar surface area (TPSA) is 86.2 Å². The number of hydrogen-bond acceptors (Lipinski definition) is 5. The highest BCUT2D eigenvalue weighted by molar-refractivity contribution is 5.86. The lowest BCUT2D eigenvalue weighted by Crippen LogP contribution is -2.36. The highest BCUT2D eigenvalue weighted by atomic mass is 19.1. The lowest BCUT2D eigenvalue weighted by Gasteiger charge is -2.24. The van der Waals surface area contributed by atoms with Crippen molar-refractivity contribution in [3.05, 3.63) is 18.3 Å². The number of hydrogen-bond donors (Lipinski definition) is 2. The van der Waals surface area contributed by atoms with Gasteiger partial charge in [-0.3, -0.25) is 0 Å². The molecule has 0 amide bonds. The van der Waals surface area contributed by atoms with Crippen molar-refractivity contribution in [2.75, 3.05) is 5.73 Å². The summed E-state index contributed by atoms with van der Waals surface area (Å²) in [7, 11) is 0. The first kappa shape index (κ1) is 13.8. The Hall–Kier alpha value is -2.17. The minimum atomic E-state index is -1.06. The van der Waals surface area contributed by atoms with Gasteiger partial charge in [0.25, 0.3) is 0 Å². The summed E-state index contributed by atoms with van der Waals surface area (Å²) in [6.07, 6.45) is 7.28. The number of fused-ring (bicyclic) bond motifs is 1. The number of nitrogen functional groups attached to an aromatic ring is 1. The van der Waals surface area contributed by atoms with E-state index in [0.29, 0.717) is 12.1 Å². The zero-order valence-electron chi connectivity index (χ0n) is 11.5. The first-order chi connectivity index (χ1) is 10.0. The molecule has 3 heterocycles. The molecule has 1 aliphatic rings. The highest BCUT2D eigenvalue weighted by Crippen LogP contribution is 2.40. The Morgan fingerprint density at radius 1 is 1.67 bits per heavy atom. The molecule has 3 rings (SSSR count). The van der Waals surface area contributed by atoms with E-state index in [1.807, 2.05) is 6.92 Å². The van der Waals surface area contributed by atoms with E-state index < -0.39 is 23.8 Å². The van der Waals surface area contributed by atoms with Crippen LogP contribution in [0.1, 0.15) is 26.0 Å². The number of nitrogens with two attached hydrogens (primary N) is 1. The Kier molecular flexibility index (Phi) is 3.08. The van der Waals surface area contributed by atoms with Gasteiger partial charge in [0, 0.05) is 12.6 Å². The molecule has 1 fully saturated rings. The van der Waals surface area contributed by atoms with E-state index in [4.69, 9.17) is 16.9 Å². The minimum Gasteiger partial charge on any atom is -0.389 e. The van der Waals surface area contributed by atoms with Crippen molar-refractivity contribution in [1.29, 1.82) is 0 Å². The van der Waals surface area contributed by atoms with Crippen LogP contribution >= 0.6 is 0 Å². The molecule has 6 nitrogen and oxygen atoms in total. The van der Waals surface area contributed by atoms with Crippen LogP contribution in [0.4, 0.5) is 10.2 Å². The number of terminal acetylenes is 1. The van der Waals surface area contributed by atoms with Crippen LogP contribution in [0.25, 0.3) is 11.0 Å². The zero-order chi connectivity index (χ0) is 15.2. The van der Waals surface area contributed by atoms with Crippen LogP contribution in [0.5, 0.6) is 0 Å². The van der Waals surface area contributed by atoms with Crippen molar-refractivity contribution in [2.24, 2.45) is 0 Å². The maximum absolute atomic E-state index is 14.0. The van der Waals surface area contributed by atoms with Crippen molar-refractivity contribution in [3.63, 3.8) is 0 Å². The number of nitrogens with zero attached hydrogens (tertiary/aromatic N) is 3. The van der Waals surface area contributed by atoms with Crippen molar-refractivity contribution >= 4 is 16.9 Å². The summed E-state index contributed by atoms with van der Waals surface area (Å²) in [5, 5.41) is 10.3. The monoisotopic (exact) mass is 290 g/mol. The predicted octanol–water partition coefficient (Wildman–Crippen LogP) is 1.21. The number of aromatic nitrogens is 3. The van der Waals surface area contributed by atoms with Gasteiger partial charge in [-0.2, -0.15) is 0 Å². The third-order valence-corrected chi connectivity index (χ3v) is 3.98. The lowest BCUT2D eigenvalue weighted by atomic mass is 9.95. The molecule has 0 bridgehead atoms. The Balaban J connectivity index is 2.08. The third kappa shape index (κ3) is 1.87. The van der Waals surface area contributed by atoms with Crippen LogP contribution in [0.15, 0.2) is 12.5 Å². The molecule has 0 unspecified atom stereocenters. The molecule has 110 valence electrons. The van der Waals surface area contributed by atoms with Gasteiger partial charge in [0.2, 0.25) is 0 Å². The summed E-state index contributed by atoms with van der Waals surface area (Å²) in [6, 6.07) is 0. The summed E-state index contributed by atoms with van der Waals surface area (Å²) in [5.41, 5.74) is 4.94. The minimum absolute atomic E-state index is 0.0634. The Labute approximate surface area is 120 Å². The number of rotatable bonds is 2. The summed E-state index contributed by atoms with van der Waals surface area (Å²) >= 11 is 0. The number of aliphatic hydroxyl groups excluding tert-OH is 1. The van der Waals surface area contributed by atoms with Gasteiger partial charge in [0.1, 0.15) is 18.4 Å². The second-order valence-corrected chi connectivity index (χ2v) is 5.05. The van der Waals surface area contributed by atoms with Crippen LogP contribution in [0.3, 0.4) is 0 Å². The van der Waals surface area contributed by atoms with Crippen molar-refractivity contribution in [3.8, 4) is 12.3 Å². The van der Waals surface area contributed by atoms with Gasteiger partial charge >= 0.3 is 0 Å². The average Bonchev–Trinajstić information content (AvgIpc) is 2.98. The molecule has 21 heavy (non-hydrogen) atoms. The van der Waals surface area contributed by atoms with Gasteiger partial charge in [-0.1, -0.05) is 12.8 Å². The number of anilines is 1. The number of ether oxygens (including phenoxy) is 1. The van der Waals surface area contributed by atoms with Crippen LogP contribution in [0, 0.1) is 18.2 Å². The van der Waals surface area contributed by atoms with Gasteiger partial charge in [-0.25, -0.2) is 14.4 Å². The predicted molar refractivity (Wildman–Crippen MR) is 74.5 cm³/mol. The van der Waals surface area contributed by atoms with Gasteiger partial charge in [0.05, 0.1) is 11.5 Å². The van der Waals surface area contributed by atoms with E-state index in [0.717, 1.165) is 0 Å². The second-order valence-electron chi connectivity index (χ2n) is 5.05. The van der Waals surface area contributed by atoms with E-state index in [-0.39, 0.29) is 17.6 Å². The maximum Gasteiger partial charge on any atom is 0.156 e. The van der Waals surface area contributed by atoms with E-state index in [1.54, 1.807) is 0 Å². The van der Waals surface area contributed by atoms with Crippen molar-refractivity contribution in [1.82, 2.24) is 14.5 Å². The van der Waals surface area contributed by atoms with Gasteiger partial charge in [-0.15, -0.1) is 6.42 Å². The fourth-order valence-electron chi connectivity index (χ4n) is 2.75. The molecule has 1 saturated heterocycles. The maximum atomic E-state index is 14.0. The summed E-state index contributed by atoms with van der Waals surface area (Å²) in [6.45, 7) is 1.83. The van der Waals surface area contributed by atoms with Gasteiger partial charge in [0.15, 0.2) is 17.1 Å². The first-order valence-electron chi connectivity index (χ1n) is 6.62. The molecule has 1 aliphatic heterocycles. The Morgan fingerprint density at radius 2 is 2.43 bits per heavy atom. The molecule has 0 spiro atoms.